The lowest BCUT2D eigenvalue weighted by Crippen LogP contribution is -2.32. The van der Waals surface area contributed by atoms with Crippen LogP contribution in [-0.4, -0.2) is 47.3 Å². The summed E-state index contributed by atoms with van der Waals surface area (Å²) in [7, 11) is 0. The number of carboxylic acid groups (broad SMARTS) is 2. The second kappa shape index (κ2) is 11.3. The highest BCUT2D eigenvalue weighted by molar-refractivity contribution is 5.73. The lowest BCUT2D eigenvalue weighted by Gasteiger charge is -2.02. The minimum absolute atomic E-state index is 0.327. The van der Waals surface area contributed by atoms with Crippen LogP contribution in [0.2, 0.25) is 0 Å². The van der Waals surface area contributed by atoms with Crippen molar-refractivity contribution in [3.8, 4) is 0 Å². The zero-order valence-corrected chi connectivity index (χ0v) is 9.71. The molecule has 102 valence electrons. The minimum Gasteiger partial charge on any atom is -0.480 e. The molecule has 0 amide bonds. The lowest BCUT2D eigenvalue weighted by atomic mass is 10.2. The molecule has 0 aliphatic carbocycles. The molecule has 0 saturated carbocycles. The molecule has 2 unspecified atom stereocenters. The topological polar surface area (TPSA) is 179 Å². The Morgan fingerprint density at radius 3 is 1.53 bits per heavy atom. The van der Waals surface area contributed by atoms with Crippen molar-refractivity contribution in [2.75, 3.05) is 13.1 Å². The molecule has 0 radical (unpaired) electrons. The highest BCUT2D eigenvalue weighted by Crippen LogP contribution is 1.91. The van der Waals surface area contributed by atoms with Gasteiger partial charge in [-0.25, -0.2) is 0 Å². The first-order valence-electron chi connectivity index (χ1n) is 5.23. The summed E-state index contributed by atoms with van der Waals surface area (Å²) < 4.78 is 0. The van der Waals surface area contributed by atoms with Gasteiger partial charge in [-0.3, -0.25) is 9.59 Å². The smallest absolute Gasteiger partial charge is 0.320 e. The van der Waals surface area contributed by atoms with Crippen molar-refractivity contribution in [3.63, 3.8) is 0 Å². The Kier molecular flexibility index (Phi) is 12.0. The van der Waals surface area contributed by atoms with Gasteiger partial charge in [-0.2, -0.15) is 0 Å². The molecule has 0 aromatic heterocycles. The van der Waals surface area contributed by atoms with E-state index in [4.69, 9.17) is 33.1 Å². The summed E-state index contributed by atoms with van der Waals surface area (Å²) >= 11 is 0. The molecule has 0 aliphatic heterocycles. The summed E-state index contributed by atoms with van der Waals surface area (Å²) in [4.78, 5) is 19.9. The number of carbonyl (C=O) groups is 2. The monoisotopic (exact) mass is 250 g/mol. The predicted molar refractivity (Wildman–Crippen MR) is 63.2 cm³/mol. The Hall–Kier alpha value is -1.22. The molecule has 10 N–H and O–H groups in total. The second-order valence-electron chi connectivity index (χ2n) is 3.40. The molecule has 0 spiro atoms. The summed E-state index contributed by atoms with van der Waals surface area (Å²) in [6.45, 7) is 0.828. The number of hydrogen-bond donors (Lipinski definition) is 6. The Labute approximate surface area is 99.9 Å². The molecule has 8 heteroatoms. The first-order chi connectivity index (χ1) is 7.86. The molecular weight excluding hydrogens is 228 g/mol. The van der Waals surface area contributed by atoms with Crippen molar-refractivity contribution in [3.05, 3.63) is 0 Å². The van der Waals surface area contributed by atoms with E-state index in [1.54, 1.807) is 0 Å². The molecule has 0 aliphatic rings. The van der Waals surface area contributed by atoms with Gasteiger partial charge in [0.05, 0.1) is 0 Å². The average molecular weight is 250 g/mol. The third kappa shape index (κ3) is 12.7. The van der Waals surface area contributed by atoms with Crippen LogP contribution in [0.4, 0.5) is 0 Å². The Balaban J connectivity index is 0. The summed E-state index contributed by atoms with van der Waals surface area (Å²) in [5.41, 5.74) is 20.3. The summed E-state index contributed by atoms with van der Waals surface area (Å²) in [6, 6.07) is -1.53. The van der Waals surface area contributed by atoms with Crippen LogP contribution in [0.1, 0.15) is 19.3 Å². The maximum Gasteiger partial charge on any atom is 0.320 e. The first kappa shape index (κ1) is 18.2. The van der Waals surface area contributed by atoms with Gasteiger partial charge in [0.2, 0.25) is 0 Å². The molecule has 0 rings (SSSR count). The van der Waals surface area contributed by atoms with Crippen LogP contribution in [0, 0.1) is 0 Å². The Morgan fingerprint density at radius 2 is 1.29 bits per heavy atom. The molecule has 0 aromatic carbocycles. The number of carboxylic acids is 2. The van der Waals surface area contributed by atoms with Crippen molar-refractivity contribution in [2.24, 2.45) is 22.9 Å². The Bertz CT molecular complexity index is 225. The second-order valence-corrected chi connectivity index (χ2v) is 3.40. The quantitative estimate of drug-likeness (QED) is 0.297. The van der Waals surface area contributed by atoms with Gasteiger partial charge in [0.1, 0.15) is 12.1 Å². The van der Waals surface area contributed by atoms with Crippen LogP contribution < -0.4 is 22.9 Å². The zero-order chi connectivity index (χ0) is 13.8. The van der Waals surface area contributed by atoms with E-state index >= 15 is 0 Å². The first-order valence-corrected chi connectivity index (χ1v) is 5.23. The van der Waals surface area contributed by atoms with E-state index in [0.29, 0.717) is 32.4 Å². The SMILES string of the molecule is NCCC(N)C(=O)O.NCCCC(N)C(=O)O. The van der Waals surface area contributed by atoms with Gasteiger partial charge in [0, 0.05) is 0 Å². The van der Waals surface area contributed by atoms with Crippen molar-refractivity contribution < 1.29 is 19.8 Å². The van der Waals surface area contributed by atoms with Gasteiger partial charge in [-0.05, 0) is 32.4 Å². The van der Waals surface area contributed by atoms with Crippen LogP contribution in [-0.2, 0) is 9.59 Å². The van der Waals surface area contributed by atoms with Crippen LogP contribution in [0.15, 0.2) is 0 Å². The maximum atomic E-state index is 10.0. The number of nitrogens with two attached hydrogens (primary N) is 4. The van der Waals surface area contributed by atoms with E-state index in [1.807, 2.05) is 0 Å². The van der Waals surface area contributed by atoms with E-state index in [9.17, 15) is 9.59 Å². The molecule has 0 aromatic rings. The molecule has 0 saturated heterocycles. The van der Waals surface area contributed by atoms with Gasteiger partial charge >= 0.3 is 11.9 Å². The van der Waals surface area contributed by atoms with E-state index < -0.39 is 24.0 Å². The fourth-order valence-electron chi connectivity index (χ4n) is 0.764. The fraction of sp³-hybridized carbons (Fsp3) is 0.778. The fourth-order valence-corrected chi connectivity index (χ4v) is 0.764. The molecular formula is C9H22N4O4. The van der Waals surface area contributed by atoms with Crippen LogP contribution in [0.5, 0.6) is 0 Å². The van der Waals surface area contributed by atoms with E-state index in [-0.39, 0.29) is 0 Å². The van der Waals surface area contributed by atoms with Gasteiger partial charge in [0.25, 0.3) is 0 Å². The van der Waals surface area contributed by atoms with Gasteiger partial charge in [-0.1, -0.05) is 0 Å². The van der Waals surface area contributed by atoms with E-state index in [1.165, 1.54) is 0 Å². The third-order valence-electron chi connectivity index (χ3n) is 1.83. The summed E-state index contributed by atoms with van der Waals surface area (Å²) in [5.74, 6) is -1.95. The maximum absolute atomic E-state index is 10.0. The van der Waals surface area contributed by atoms with Gasteiger partial charge in [0.15, 0.2) is 0 Å². The highest BCUT2D eigenvalue weighted by Gasteiger charge is 2.09. The van der Waals surface area contributed by atoms with Crippen LogP contribution in [0.3, 0.4) is 0 Å². The standard InChI is InChI=1S/C5H12N2O2.C4H10N2O2/c6-3-1-2-4(7)5(8)9;5-2-1-3(6)4(7)8/h4H,1-3,6-7H2,(H,8,9);3H,1-2,5-6H2,(H,7,8). The minimum atomic E-state index is -0.990. The lowest BCUT2D eigenvalue weighted by molar-refractivity contribution is -0.139. The normalized spacial score (nSPS) is 13.2. The summed E-state index contributed by atoms with van der Waals surface area (Å²) in [6.07, 6.45) is 1.48. The molecule has 0 bridgehead atoms. The van der Waals surface area contributed by atoms with E-state index in [0.717, 1.165) is 0 Å². The molecule has 0 fully saturated rings. The van der Waals surface area contributed by atoms with Crippen molar-refractivity contribution in [2.45, 2.75) is 31.3 Å². The number of aliphatic carboxylic acids is 2. The molecule has 8 nitrogen and oxygen atoms in total. The van der Waals surface area contributed by atoms with Gasteiger partial charge in [-0.15, -0.1) is 0 Å². The highest BCUT2D eigenvalue weighted by atomic mass is 16.4. The number of rotatable bonds is 7. The Morgan fingerprint density at radius 1 is 0.882 bits per heavy atom. The van der Waals surface area contributed by atoms with Crippen molar-refractivity contribution in [1.82, 2.24) is 0 Å². The summed E-state index contributed by atoms with van der Waals surface area (Å²) in [5, 5.41) is 16.4. The van der Waals surface area contributed by atoms with Crippen LogP contribution in [0.25, 0.3) is 0 Å². The third-order valence-corrected chi connectivity index (χ3v) is 1.83. The predicted octanol–water partition coefficient (Wildman–Crippen LogP) is -2.12. The average Bonchev–Trinajstić information content (AvgIpc) is 2.26. The van der Waals surface area contributed by atoms with Crippen molar-refractivity contribution in [1.29, 1.82) is 0 Å². The largest absolute Gasteiger partial charge is 0.480 e. The zero-order valence-electron chi connectivity index (χ0n) is 9.71. The number of hydrogen-bond acceptors (Lipinski definition) is 6. The van der Waals surface area contributed by atoms with Crippen molar-refractivity contribution >= 4 is 11.9 Å². The van der Waals surface area contributed by atoms with E-state index in [2.05, 4.69) is 0 Å². The van der Waals surface area contributed by atoms with Gasteiger partial charge < -0.3 is 33.1 Å². The molecule has 0 heterocycles. The van der Waals surface area contributed by atoms with Crippen LogP contribution >= 0.6 is 0 Å². The molecule has 2 atom stereocenters. The molecule has 17 heavy (non-hydrogen) atoms.